The van der Waals surface area contributed by atoms with Gasteiger partial charge in [0, 0.05) is 12.2 Å². The summed E-state index contributed by atoms with van der Waals surface area (Å²) in [4.78, 5) is 0. The zero-order chi connectivity index (χ0) is 12.6. The number of hydrogen-bond acceptors (Lipinski definition) is 1. The number of thiocarbonyl (C=S) groups is 1. The van der Waals surface area contributed by atoms with Gasteiger partial charge in [-0.1, -0.05) is 50.3 Å². The molecule has 0 radical (unpaired) electrons. The quantitative estimate of drug-likeness (QED) is 0.804. The van der Waals surface area contributed by atoms with Crippen LogP contribution in [0.3, 0.4) is 0 Å². The third-order valence-corrected chi connectivity index (χ3v) is 3.84. The Kier molecular flexibility index (Phi) is 5.46. The molecule has 0 amide bonds. The lowest BCUT2D eigenvalue weighted by atomic mass is 9.87. The summed E-state index contributed by atoms with van der Waals surface area (Å²) in [7, 11) is 0. The molecule has 1 aromatic rings. The number of para-hydroxylation sites is 1. The van der Waals surface area contributed by atoms with E-state index < -0.39 is 0 Å². The van der Waals surface area contributed by atoms with Crippen LogP contribution in [0.5, 0.6) is 0 Å². The maximum absolute atomic E-state index is 5.28. The Morgan fingerprint density at radius 1 is 1.11 bits per heavy atom. The van der Waals surface area contributed by atoms with Gasteiger partial charge in [0.25, 0.3) is 0 Å². The van der Waals surface area contributed by atoms with Crippen molar-refractivity contribution < 1.29 is 0 Å². The fourth-order valence-electron chi connectivity index (χ4n) is 2.56. The largest absolute Gasteiger partial charge is 0.362 e. The number of nitrogens with one attached hydrogen (secondary N) is 2. The first-order valence-electron chi connectivity index (χ1n) is 6.94. The third kappa shape index (κ3) is 4.65. The minimum Gasteiger partial charge on any atom is -0.362 e. The van der Waals surface area contributed by atoms with Crippen LogP contribution in [0, 0.1) is 5.92 Å². The molecule has 2 N–H and O–H groups in total. The first-order chi connectivity index (χ1) is 8.84. The van der Waals surface area contributed by atoms with E-state index in [1.54, 1.807) is 0 Å². The second-order valence-corrected chi connectivity index (χ2v) is 5.45. The molecule has 0 aliphatic heterocycles. The van der Waals surface area contributed by atoms with Gasteiger partial charge in [0.1, 0.15) is 0 Å². The number of hydrogen-bond donors (Lipinski definition) is 2. The van der Waals surface area contributed by atoms with Gasteiger partial charge in [-0.05, 0) is 36.7 Å². The van der Waals surface area contributed by atoms with Crippen molar-refractivity contribution in [2.75, 3.05) is 11.9 Å². The van der Waals surface area contributed by atoms with Crippen molar-refractivity contribution in [2.45, 2.75) is 38.5 Å². The van der Waals surface area contributed by atoms with Crippen LogP contribution in [0.15, 0.2) is 30.3 Å². The average molecular weight is 262 g/mol. The van der Waals surface area contributed by atoms with Crippen LogP contribution in [0.25, 0.3) is 0 Å². The van der Waals surface area contributed by atoms with Gasteiger partial charge >= 0.3 is 0 Å². The molecular formula is C15H22N2S. The molecule has 0 unspecified atom stereocenters. The van der Waals surface area contributed by atoms with Crippen LogP contribution < -0.4 is 10.6 Å². The summed E-state index contributed by atoms with van der Waals surface area (Å²) in [5.41, 5.74) is 1.05. The van der Waals surface area contributed by atoms with E-state index in [0.29, 0.717) is 0 Å². The van der Waals surface area contributed by atoms with Gasteiger partial charge in [0.2, 0.25) is 0 Å². The molecule has 0 aromatic heterocycles. The molecule has 0 saturated heterocycles. The van der Waals surface area contributed by atoms with E-state index in [2.05, 4.69) is 10.6 Å². The highest BCUT2D eigenvalue weighted by atomic mass is 32.1. The zero-order valence-corrected chi connectivity index (χ0v) is 11.6. The maximum Gasteiger partial charge on any atom is 0.170 e. The Morgan fingerprint density at radius 3 is 2.56 bits per heavy atom. The first kappa shape index (κ1) is 13.3. The van der Waals surface area contributed by atoms with Gasteiger partial charge in [0.15, 0.2) is 5.11 Å². The molecule has 98 valence electrons. The summed E-state index contributed by atoms with van der Waals surface area (Å²) in [6, 6.07) is 10.1. The van der Waals surface area contributed by atoms with E-state index in [-0.39, 0.29) is 0 Å². The second-order valence-electron chi connectivity index (χ2n) is 5.04. The SMILES string of the molecule is S=C(NCCC1CCCCC1)Nc1ccccc1. The van der Waals surface area contributed by atoms with Crippen LogP contribution in [0.2, 0.25) is 0 Å². The van der Waals surface area contributed by atoms with Crippen LogP contribution in [-0.4, -0.2) is 11.7 Å². The lowest BCUT2D eigenvalue weighted by Gasteiger charge is -2.21. The molecule has 1 aromatic carbocycles. The average Bonchev–Trinajstić information content (AvgIpc) is 2.41. The third-order valence-electron chi connectivity index (χ3n) is 3.59. The van der Waals surface area contributed by atoms with Gasteiger partial charge in [0.05, 0.1) is 0 Å². The van der Waals surface area contributed by atoms with E-state index >= 15 is 0 Å². The van der Waals surface area contributed by atoms with Crippen LogP contribution in [-0.2, 0) is 0 Å². The maximum atomic E-state index is 5.28. The fraction of sp³-hybridized carbons (Fsp3) is 0.533. The molecule has 2 rings (SSSR count). The molecule has 1 saturated carbocycles. The molecule has 0 spiro atoms. The molecule has 18 heavy (non-hydrogen) atoms. The van der Waals surface area contributed by atoms with Crippen molar-refractivity contribution >= 4 is 23.0 Å². The molecule has 0 heterocycles. The van der Waals surface area contributed by atoms with Gasteiger partial charge in [-0.15, -0.1) is 0 Å². The van der Waals surface area contributed by atoms with Crippen molar-refractivity contribution in [3.8, 4) is 0 Å². The summed E-state index contributed by atoms with van der Waals surface area (Å²) in [6.07, 6.45) is 8.31. The van der Waals surface area contributed by atoms with Gasteiger partial charge in [-0.3, -0.25) is 0 Å². The normalized spacial score (nSPS) is 16.2. The highest BCUT2D eigenvalue weighted by Crippen LogP contribution is 2.25. The predicted molar refractivity (Wildman–Crippen MR) is 81.9 cm³/mol. The minimum atomic E-state index is 0.733. The molecule has 0 bridgehead atoms. The zero-order valence-electron chi connectivity index (χ0n) is 10.8. The fourth-order valence-corrected chi connectivity index (χ4v) is 2.78. The molecule has 1 aliphatic carbocycles. The topological polar surface area (TPSA) is 24.1 Å². The Balaban J connectivity index is 1.62. The summed E-state index contributed by atoms with van der Waals surface area (Å²) in [5, 5.41) is 7.23. The Morgan fingerprint density at radius 2 is 1.83 bits per heavy atom. The number of benzene rings is 1. The van der Waals surface area contributed by atoms with E-state index in [0.717, 1.165) is 23.3 Å². The minimum absolute atomic E-state index is 0.733. The summed E-state index contributed by atoms with van der Waals surface area (Å²) in [5.74, 6) is 0.908. The summed E-state index contributed by atoms with van der Waals surface area (Å²) < 4.78 is 0. The smallest absolute Gasteiger partial charge is 0.170 e. The Labute approximate surface area is 115 Å². The number of anilines is 1. The molecule has 3 heteroatoms. The highest BCUT2D eigenvalue weighted by Gasteiger charge is 2.12. The Hall–Kier alpha value is -1.09. The lowest BCUT2D eigenvalue weighted by molar-refractivity contribution is 0.339. The van der Waals surface area contributed by atoms with Crippen LogP contribution in [0.1, 0.15) is 38.5 Å². The van der Waals surface area contributed by atoms with Crippen molar-refractivity contribution in [3.63, 3.8) is 0 Å². The highest BCUT2D eigenvalue weighted by molar-refractivity contribution is 7.80. The van der Waals surface area contributed by atoms with Crippen LogP contribution in [0.4, 0.5) is 5.69 Å². The van der Waals surface area contributed by atoms with Gasteiger partial charge < -0.3 is 10.6 Å². The van der Waals surface area contributed by atoms with Crippen molar-refractivity contribution in [1.82, 2.24) is 5.32 Å². The van der Waals surface area contributed by atoms with E-state index in [1.807, 2.05) is 30.3 Å². The molecular weight excluding hydrogens is 240 g/mol. The number of rotatable bonds is 4. The molecule has 2 nitrogen and oxygen atoms in total. The van der Waals surface area contributed by atoms with E-state index in [9.17, 15) is 0 Å². The molecule has 0 atom stereocenters. The van der Waals surface area contributed by atoms with Crippen molar-refractivity contribution in [3.05, 3.63) is 30.3 Å². The van der Waals surface area contributed by atoms with Gasteiger partial charge in [-0.25, -0.2) is 0 Å². The second kappa shape index (κ2) is 7.37. The van der Waals surface area contributed by atoms with Crippen LogP contribution >= 0.6 is 12.2 Å². The monoisotopic (exact) mass is 262 g/mol. The van der Waals surface area contributed by atoms with Crippen molar-refractivity contribution in [1.29, 1.82) is 0 Å². The first-order valence-corrected chi connectivity index (χ1v) is 7.35. The summed E-state index contributed by atoms with van der Waals surface area (Å²) >= 11 is 5.28. The van der Waals surface area contributed by atoms with Crippen molar-refractivity contribution in [2.24, 2.45) is 5.92 Å². The Bertz CT molecular complexity index is 358. The van der Waals surface area contributed by atoms with E-state index in [1.165, 1.54) is 38.5 Å². The van der Waals surface area contributed by atoms with E-state index in [4.69, 9.17) is 12.2 Å². The molecule has 1 aliphatic rings. The van der Waals surface area contributed by atoms with Gasteiger partial charge in [-0.2, -0.15) is 0 Å². The lowest BCUT2D eigenvalue weighted by Crippen LogP contribution is -2.30. The summed E-state index contributed by atoms with van der Waals surface area (Å²) in [6.45, 7) is 0.989. The predicted octanol–water partition coefficient (Wildman–Crippen LogP) is 3.94. The standard InChI is InChI=1S/C15H22N2S/c18-15(17-14-9-5-2-6-10-14)16-12-11-13-7-3-1-4-8-13/h2,5-6,9-10,13H,1,3-4,7-8,11-12H2,(H2,16,17,18). The molecule has 1 fully saturated rings.